The standard InChI is InChI=1S/C14H12ClFO2/c1-17-13-4-2-3-5-14(13)18-12-7-6-11(16)8-10(12)9-15/h2-8H,9H2,1H3. The van der Waals surface area contributed by atoms with E-state index in [1.807, 2.05) is 12.1 Å². The molecule has 2 aromatic rings. The van der Waals surface area contributed by atoms with Gasteiger partial charge in [-0.3, -0.25) is 0 Å². The van der Waals surface area contributed by atoms with E-state index in [1.54, 1.807) is 25.3 Å². The van der Waals surface area contributed by atoms with E-state index < -0.39 is 0 Å². The second-order valence-electron chi connectivity index (χ2n) is 3.64. The van der Waals surface area contributed by atoms with Gasteiger partial charge in [0.15, 0.2) is 11.5 Å². The van der Waals surface area contributed by atoms with Crippen molar-refractivity contribution < 1.29 is 13.9 Å². The van der Waals surface area contributed by atoms with Gasteiger partial charge in [-0.1, -0.05) is 12.1 Å². The molecule has 0 atom stereocenters. The van der Waals surface area contributed by atoms with Crippen LogP contribution in [-0.2, 0) is 5.88 Å². The predicted octanol–water partition coefficient (Wildman–Crippen LogP) is 4.37. The molecule has 4 heteroatoms. The Bertz CT molecular complexity index is 543. The van der Waals surface area contributed by atoms with E-state index in [2.05, 4.69) is 0 Å². The maximum Gasteiger partial charge on any atom is 0.169 e. The quantitative estimate of drug-likeness (QED) is 0.765. The zero-order valence-electron chi connectivity index (χ0n) is 9.82. The highest BCUT2D eigenvalue weighted by Gasteiger charge is 2.09. The first-order valence-corrected chi connectivity index (χ1v) is 5.93. The minimum atomic E-state index is -0.335. The van der Waals surface area contributed by atoms with Gasteiger partial charge in [0.2, 0.25) is 0 Å². The molecule has 2 nitrogen and oxygen atoms in total. The third kappa shape index (κ3) is 2.74. The Hall–Kier alpha value is -1.74. The molecule has 0 aliphatic heterocycles. The maximum absolute atomic E-state index is 13.1. The molecule has 0 spiro atoms. The second-order valence-corrected chi connectivity index (χ2v) is 3.91. The van der Waals surface area contributed by atoms with Crippen LogP contribution < -0.4 is 9.47 Å². The van der Waals surface area contributed by atoms with Crippen LogP contribution in [0.3, 0.4) is 0 Å². The van der Waals surface area contributed by atoms with E-state index in [0.717, 1.165) is 0 Å². The predicted molar refractivity (Wildman–Crippen MR) is 69.0 cm³/mol. The molecule has 18 heavy (non-hydrogen) atoms. The van der Waals surface area contributed by atoms with Crippen LogP contribution in [0.15, 0.2) is 42.5 Å². The van der Waals surface area contributed by atoms with Crippen LogP contribution in [-0.4, -0.2) is 7.11 Å². The lowest BCUT2D eigenvalue weighted by Crippen LogP contribution is -1.93. The first kappa shape index (κ1) is 12.7. The molecule has 0 amide bonds. The van der Waals surface area contributed by atoms with Crippen LogP contribution >= 0.6 is 11.6 Å². The first-order chi connectivity index (χ1) is 8.74. The summed E-state index contributed by atoms with van der Waals surface area (Å²) in [6, 6.07) is 11.5. The van der Waals surface area contributed by atoms with E-state index in [0.29, 0.717) is 22.8 Å². The third-order valence-electron chi connectivity index (χ3n) is 2.46. The van der Waals surface area contributed by atoms with Crippen molar-refractivity contribution in [2.75, 3.05) is 7.11 Å². The highest BCUT2D eigenvalue weighted by Crippen LogP contribution is 2.33. The SMILES string of the molecule is COc1ccccc1Oc1ccc(F)cc1CCl. The molecular formula is C14H12ClFO2. The largest absolute Gasteiger partial charge is 0.493 e. The molecular weight excluding hydrogens is 255 g/mol. The maximum atomic E-state index is 13.1. The average Bonchev–Trinajstić information content (AvgIpc) is 2.41. The van der Waals surface area contributed by atoms with Crippen LogP contribution in [0.25, 0.3) is 0 Å². The van der Waals surface area contributed by atoms with Crippen molar-refractivity contribution in [2.24, 2.45) is 0 Å². The Balaban J connectivity index is 2.33. The average molecular weight is 267 g/mol. The van der Waals surface area contributed by atoms with Crippen molar-refractivity contribution in [3.05, 3.63) is 53.8 Å². The molecule has 2 rings (SSSR count). The van der Waals surface area contributed by atoms with Gasteiger partial charge in [0.1, 0.15) is 11.6 Å². The van der Waals surface area contributed by atoms with Gasteiger partial charge >= 0.3 is 0 Å². The van der Waals surface area contributed by atoms with Crippen molar-refractivity contribution in [2.45, 2.75) is 5.88 Å². The molecule has 0 aromatic heterocycles. The Morgan fingerprint density at radius 3 is 2.44 bits per heavy atom. The fraction of sp³-hybridized carbons (Fsp3) is 0.143. The third-order valence-corrected chi connectivity index (χ3v) is 2.74. The lowest BCUT2D eigenvalue weighted by molar-refractivity contribution is 0.377. The van der Waals surface area contributed by atoms with Gasteiger partial charge in [-0.25, -0.2) is 4.39 Å². The molecule has 2 aromatic carbocycles. The molecule has 0 saturated heterocycles. The van der Waals surface area contributed by atoms with Crippen molar-refractivity contribution >= 4 is 11.6 Å². The molecule has 0 unspecified atom stereocenters. The first-order valence-electron chi connectivity index (χ1n) is 5.40. The Morgan fingerprint density at radius 2 is 1.78 bits per heavy atom. The number of hydrogen-bond donors (Lipinski definition) is 0. The number of benzene rings is 2. The van der Waals surface area contributed by atoms with Crippen molar-refractivity contribution in [3.63, 3.8) is 0 Å². The van der Waals surface area contributed by atoms with E-state index in [9.17, 15) is 4.39 Å². The van der Waals surface area contributed by atoms with Gasteiger partial charge in [0.25, 0.3) is 0 Å². The Kier molecular flexibility index (Phi) is 4.05. The summed E-state index contributed by atoms with van der Waals surface area (Å²) >= 11 is 5.77. The second kappa shape index (κ2) is 5.74. The summed E-state index contributed by atoms with van der Waals surface area (Å²) in [5.41, 5.74) is 0.600. The van der Waals surface area contributed by atoms with Gasteiger partial charge in [-0.2, -0.15) is 0 Å². The fourth-order valence-corrected chi connectivity index (χ4v) is 1.78. The van der Waals surface area contributed by atoms with E-state index >= 15 is 0 Å². The topological polar surface area (TPSA) is 18.5 Å². The molecule has 0 aliphatic carbocycles. The minimum absolute atomic E-state index is 0.183. The van der Waals surface area contributed by atoms with Gasteiger partial charge in [-0.05, 0) is 30.3 Å². The molecule has 0 radical (unpaired) electrons. The summed E-state index contributed by atoms with van der Waals surface area (Å²) in [6.45, 7) is 0. The van der Waals surface area contributed by atoms with Crippen LogP contribution in [0.2, 0.25) is 0 Å². The fourth-order valence-electron chi connectivity index (χ4n) is 1.57. The molecule has 0 aliphatic rings. The van der Waals surface area contributed by atoms with Crippen molar-refractivity contribution in [3.8, 4) is 17.2 Å². The van der Waals surface area contributed by atoms with Crippen molar-refractivity contribution in [1.29, 1.82) is 0 Å². The smallest absolute Gasteiger partial charge is 0.169 e. The zero-order chi connectivity index (χ0) is 13.0. The number of ether oxygens (including phenoxy) is 2. The van der Waals surface area contributed by atoms with Crippen LogP contribution in [0.5, 0.6) is 17.2 Å². The molecule has 0 bridgehead atoms. The summed E-state index contributed by atoms with van der Waals surface area (Å²) in [5.74, 6) is 1.55. The molecule has 0 heterocycles. The number of alkyl halides is 1. The minimum Gasteiger partial charge on any atom is -0.493 e. The normalized spacial score (nSPS) is 10.2. The monoisotopic (exact) mass is 266 g/mol. The lowest BCUT2D eigenvalue weighted by Gasteiger charge is -2.12. The van der Waals surface area contributed by atoms with E-state index in [1.165, 1.54) is 12.1 Å². The number of halogens is 2. The molecule has 94 valence electrons. The van der Waals surface area contributed by atoms with Gasteiger partial charge in [-0.15, -0.1) is 11.6 Å². The summed E-state index contributed by atoms with van der Waals surface area (Å²) < 4.78 is 24.0. The van der Waals surface area contributed by atoms with Gasteiger partial charge in [0.05, 0.1) is 13.0 Å². The van der Waals surface area contributed by atoms with Gasteiger partial charge < -0.3 is 9.47 Å². The zero-order valence-corrected chi connectivity index (χ0v) is 10.6. The lowest BCUT2D eigenvalue weighted by atomic mass is 10.2. The molecule has 0 N–H and O–H groups in total. The highest BCUT2D eigenvalue weighted by atomic mass is 35.5. The molecule has 0 fully saturated rings. The number of hydrogen-bond acceptors (Lipinski definition) is 2. The number of para-hydroxylation sites is 2. The number of rotatable bonds is 4. The Labute approximate surface area is 110 Å². The van der Waals surface area contributed by atoms with Gasteiger partial charge in [0, 0.05) is 5.56 Å². The summed E-state index contributed by atoms with van der Waals surface area (Å²) in [6.07, 6.45) is 0. The summed E-state index contributed by atoms with van der Waals surface area (Å²) in [7, 11) is 1.56. The van der Waals surface area contributed by atoms with Crippen LogP contribution in [0.1, 0.15) is 5.56 Å². The van der Waals surface area contributed by atoms with E-state index in [-0.39, 0.29) is 11.7 Å². The summed E-state index contributed by atoms with van der Waals surface area (Å²) in [4.78, 5) is 0. The van der Waals surface area contributed by atoms with Crippen LogP contribution in [0.4, 0.5) is 4.39 Å². The van der Waals surface area contributed by atoms with Crippen molar-refractivity contribution in [1.82, 2.24) is 0 Å². The summed E-state index contributed by atoms with van der Waals surface area (Å²) in [5, 5.41) is 0. The number of methoxy groups -OCH3 is 1. The highest BCUT2D eigenvalue weighted by molar-refractivity contribution is 6.17. The van der Waals surface area contributed by atoms with Crippen LogP contribution in [0, 0.1) is 5.82 Å². The van der Waals surface area contributed by atoms with E-state index in [4.69, 9.17) is 21.1 Å². The Morgan fingerprint density at radius 1 is 1.06 bits per heavy atom. The molecule has 0 saturated carbocycles.